The molecule has 0 fully saturated rings. The zero-order valence-electron chi connectivity index (χ0n) is 10.6. The van der Waals surface area contributed by atoms with Gasteiger partial charge in [-0.15, -0.1) is 0 Å². The van der Waals surface area contributed by atoms with Crippen LogP contribution in [-0.4, -0.2) is 19.5 Å². The molecule has 0 amide bonds. The zero-order chi connectivity index (χ0) is 15.6. The first-order valence-corrected chi connectivity index (χ1v) is 7.83. The number of benzene rings is 2. The predicted octanol–water partition coefficient (Wildman–Crippen LogP) is 3.15. The van der Waals surface area contributed by atoms with Crippen LogP contribution in [0.25, 0.3) is 0 Å². The van der Waals surface area contributed by atoms with Gasteiger partial charge in [0.2, 0.25) is 0 Å². The average molecular weight is 329 g/mol. The third-order valence-corrected chi connectivity index (χ3v) is 4.73. The number of halogens is 2. The van der Waals surface area contributed by atoms with Crippen LogP contribution >= 0.6 is 11.6 Å². The van der Waals surface area contributed by atoms with E-state index in [-0.39, 0.29) is 21.0 Å². The van der Waals surface area contributed by atoms with Gasteiger partial charge < -0.3 is 5.11 Å². The topological polar surface area (TPSA) is 71.4 Å². The molecule has 2 aromatic carbocycles. The highest BCUT2D eigenvalue weighted by Gasteiger charge is 2.18. The lowest BCUT2D eigenvalue weighted by Gasteiger charge is -2.06. The molecule has 2 rings (SSSR count). The van der Waals surface area contributed by atoms with E-state index in [1.54, 1.807) is 0 Å². The molecule has 0 atom stereocenters. The van der Waals surface area contributed by atoms with Crippen LogP contribution in [0.3, 0.4) is 0 Å². The van der Waals surface area contributed by atoms with Gasteiger partial charge in [0.25, 0.3) is 0 Å². The molecule has 0 radical (unpaired) electrons. The average Bonchev–Trinajstić information content (AvgIpc) is 2.43. The minimum absolute atomic E-state index is 0.0251. The van der Waals surface area contributed by atoms with E-state index in [1.165, 1.54) is 36.4 Å². The third kappa shape index (κ3) is 3.59. The summed E-state index contributed by atoms with van der Waals surface area (Å²) in [5.74, 6) is -2.36. The van der Waals surface area contributed by atoms with Crippen LogP contribution in [0.2, 0.25) is 5.02 Å². The standard InChI is InChI=1S/C14H10ClFO4S/c15-11-3-6-13(16)10(7-11)8-21(19,20)12-4-1-9(2-5-12)14(17)18/h1-7H,8H2,(H,17,18). The van der Waals surface area contributed by atoms with Crippen molar-refractivity contribution in [2.75, 3.05) is 0 Å². The Balaban J connectivity index is 2.34. The van der Waals surface area contributed by atoms with Gasteiger partial charge in [0.1, 0.15) is 5.82 Å². The number of rotatable bonds is 4. The van der Waals surface area contributed by atoms with Gasteiger partial charge in [0, 0.05) is 10.6 Å². The van der Waals surface area contributed by atoms with E-state index >= 15 is 0 Å². The van der Waals surface area contributed by atoms with Gasteiger partial charge in [0.15, 0.2) is 9.84 Å². The van der Waals surface area contributed by atoms with Gasteiger partial charge in [-0.05, 0) is 42.5 Å². The van der Waals surface area contributed by atoms with Gasteiger partial charge in [-0.1, -0.05) is 11.6 Å². The number of aromatic carboxylic acids is 1. The second kappa shape index (κ2) is 5.83. The molecule has 21 heavy (non-hydrogen) atoms. The first-order chi connectivity index (χ1) is 9.79. The Morgan fingerprint density at radius 3 is 2.33 bits per heavy atom. The van der Waals surface area contributed by atoms with Crippen molar-refractivity contribution in [1.29, 1.82) is 0 Å². The quantitative estimate of drug-likeness (QED) is 0.935. The molecule has 7 heteroatoms. The van der Waals surface area contributed by atoms with E-state index in [2.05, 4.69) is 0 Å². The van der Waals surface area contributed by atoms with E-state index in [4.69, 9.17) is 16.7 Å². The van der Waals surface area contributed by atoms with Crippen LogP contribution in [0.5, 0.6) is 0 Å². The summed E-state index contributed by atoms with van der Waals surface area (Å²) in [6, 6.07) is 8.41. The van der Waals surface area contributed by atoms with Crippen molar-refractivity contribution in [1.82, 2.24) is 0 Å². The van der Waals surface area contributed by atoms with E-state index < -0.39 is 27.4 Å². The summed E-state index contributed by atoms with van der Waals surface area (Å²) in [7, 11) is -3.79. The lowest BCUT2D eigenvalue weighted by molar-refractivity contribution is 0.0696. The lowest BCUT2D eigenvalue weighted by Crippen LogP contribution is -2.07. The maximum atomic E-state index is 13.6. The third-order valence-electron chi connectivity index (χ3n) is 2.81. The molecular formula is C14H10ClFO4S. The van der Waals surface area contributed by atoms with E-state index in [1.807, 2.05) is 0 Å². The van der Waals surface area contributed by atoms with Crippen LogP contribution in [0.1, 0.15) is 15.9 Å². The summed E-state index contributed by atoms with van der Waals surface area (Å²) in [5.41, 5.74) is -0.0623. The van der Waals surface area contributed by atoms with Crippen LogP contribution < -0.4 is 0 Å². The summed E-state index contributed by atoms with van der Waals surface area (Å²) in [6.45, 7) is 0. The largest absolute Gasteiger partial charge is 0.478 e. The summed E-state index contributed by atoms with van der Waals surface area (Å²) in [5, 5.41) is 9.01. The smallest absolute Gasteiger partial charge is 0.335 e. The summed E-state index contributed by atoms with van der Waals surface area (Å²) in [6.07, 6.45) is 0. The first-order valence-electron chi connectivity index (χ1n) is 5.79. The molecule has 2 aromatic rings. The fourth-order valence-corrected chi connectivity index (χ4v) is 3.29. The Morgan fingerprint density at radius 2 is 1.76 bits per heavy atom. The number of sulfone groups is 1. The Bertz CT molecular complexity index is 785. The second-order valence-corrected chi connectivity index (χ2v) is 6.75. The maximum Gasteiger partial charge on any atom is 0.335 e. The van der Waals surface area contributed by atoms with Gasteiger partial charge in [-0.25, -0.2) is 17.6 Å². The van der Waals surface area contributed by atoms with E-state index in [0.29, 0.717) is 0 Å². The molecule has 0 aliphatic heterocycles. The van der Waals surface area contributed by atoms with Gasteiger partial charge in [-0.3, -0.25) is 0 Å². The Hall–Kier alpha value is -1.92. The molecule has 0 saturated heterocycles. The molecule has 0 bridgehead atoms. The molecule has 0 aromatic heterocycles. The number of carbonyl (C=O) groups is 1. The van der Waals surface area contributed by atoms with Crippen LogP contribution in [0.15, 0.2) is 47.4 Å². The summed E-state index contributed by atoms with van der Waals surface area (Å²) >= 11 is 5.72. The first kappa shape index (κ1) is 15.5. The van der Waals surface area contributed by atoms with Crippen molar-refractivity contribution in [2.45, 2.75) is 10.6 Å². The molecule has 0 unspecified atom stereocenters. The highest BCUT2D eigenvalue weighted by molar-refractivity contribution is 7.90. The van der Waals surface area contributed by atoms with Gasteiger partial charge in [-0.2, -0.15) is 0 Å². The highest BCUT2D eigenvalue weighted by Crippen LogP contribution is 2.21. The number of carboxylic acids is 1. The molecule has 0 aliphatic carbocycles. The van der Waals surface area contributed by atoms with Crippen LogP contribution in [0, 0.1) is 5.82 Å². The second-order valence-electron chi connectivity index (χ2n) is 4.32. The summed E-state index contributed by atoms with van der Waals surface area (Å²) < 4.78 is 38.0. The number of hydrogen-bond acceptors (Lipinski definition) is 3. The monoisotopic (exact) mass is 328 g/mol. The normalized spacial score (nSPS) is 11.3. The Labute approximate surface area is 125 Å². The molecule has 0 heterocycles. The summed E-state index contributed by atoms with van der Waals surface area (Å²) in [4.78, 5) is 10.6. The van der Waals surface area contributed by atoms with Crippen molar-refractivity contribution in [3.8, 4) is 0 Å². The Morgan fingerprint density at radius 1 is 1.14 bits per heavy atom. The molecular weight excluding hydrogens is 319 g/mol. The molecule has 110 valence electrons. The minimum Gasteiger partial charge on any atom is -0.478 e. The highest BCUT2D eigenvalue weighted by atomic mass is 35.5. The fraction of sp³-hybridized carbons (Fsp3) is 0.0714. The van der Waals surface area contributed by atoms with Crippen molar-refractivity contribution in [3.05, 3.63) is 64.4 Å². The van der Waals surface area contributed by atoms with Crippen LogP contribution in [-0.2, 0) is 15.6 Å². The SMILES string of the molecule is O=C(O)c1ccc(S(=O)(=O)Cc2cc(Cl)ccc2F)cc1. The minimum atomic E-state index is -3.79. The fourth-order valence-electron chi connectivity index (χ4n) is 1.75. The van der Waals surface area contributed by atoms with Gasteiger partial charge >= 0.3 is 5.97 Å². The predicted molar refractivity (Wildman–Crippen MR) is 75.7 cm³/mol. The lowest BCUT2D eigenvalue weighted by atomic mass is 10.2. The van der Waals surface area contributed by atoms with E-state index in [9.17, 15) is 17.6 Å². The van der Waals surface area contributed by atoms with Crippen molar-refractivity contribution < 1.29 is 22.7 Å². The molecule has 0 aliphatic rings. The van der Waals surface area contributed by atoms with Crippen molar-refractivity contribution in [2.24, 2.45) is 0 Å². The molecule has 0 spiro atoms. The number of carboxylic acid groups (broad SMARTS) is 1. The molecule has 0 saturated carbocycles. The maximum absolute atomic E-state index is 13.6. The Kier molecular flexibility index (Phi) is 4.29. The van der Waals surface area contributed by atoms with E-state index in [0.717, 1.165) is 6.07 Å². The van der Waals surface area contributed by atoms with Crippen molar-refractivity contribution in [3.63, 3.8) is 0 Å². The zero-order valence-corrected chi connectivity index (χ0v) is 12.2. The number of hydrogen-bond donors (Lipinski definition) is 1. The van der Waals surface area contributed by atoms with Crippen molar-refractivity contribution >= 4 is 27.4 Å². The molecule has 4 nitrogen and oxygen atoms in total. The van der Waals surface area contributed by atoms with Gasteiger partial charge in [0.05, 0.1) is 16.2 Å². The molecule has 1 N–H and O–H groups in total. The van der Waals surface area contributed by atoms with Crippen LogP contribution in [0.4, 0.5) is 4.39 Å².